The molecule has 2 rings (SSSR count). The van der Waals surface area contributed by atoms with Gasteiger partial charge in [0, 0.05) is 22.9 Å². The van der Waals surface area contributed by atoms with Crippen molar-refractivity contribution in [2.75, 3.05) is 0 Å². The number of benzene rings is 2. The Bertz CT molecular complexity index is 1470. The first-order valence-electron chi connectivity index (χ1n) is 28.5. The Morgan fingerprint density at radius 2 is 0.631 bits per heavy atom. The molecule has 372 valence electrons. The number of rotatable bonds is 42. The maximum absolute atomic E-state index is 5.50. The number of unbranched alkanes of at least 4 members (excludes halogenated alkanes) is 29. The molecule has 0 aliphatic rings. The summed E-state index contributed by atoms with van der Waals surface area (Å²) in [4.78, 5) is 11.0. The second kappa shape index (κ2) is 44.3. The monoisotopic (exact) mass is 935 g/mol. The molecule has 0 saturated carbocycles. The molecular weight excluding hydrogens is 831 g/mol. The summed E-state index contributed by atoms with van der Waals surface area (Å²) in [6.45, 7) is 13.8. The van der Waals surface area contributed by atoms with Gasteiger partial charge in [-0.15, -0.1) is 0 Å². The minimum absolute atomic E-state index is 0. The summed E-state index contributed by atoms with van der Waals surface area (Å²) in [6.07, 6.45) is 52.2. The van der Waals surface area contributed by atoms with Crippen LogP contribution in [0.25, 0.3) is 0 Å². The third-order valence-electron chi connectivity index (χ3n) is 13.3. The molecule has 2 nitrogen and oxygen atoms in total. The van der Waals surface area contributed by atoms with Crippen molar-refractivity contribution in [3.8, 4) is 11.8 Å². The average Bonchev–Trinajstić information content (AvgIpc) is 3.30. The Kier molecular flexibility index (Phi) is 41.5. The molecule has 3 heteroatoms. The van der Waals surface area contributed by atoms with Crippen LogP contribution in [0.2, 0.25) is 0 Å². The van der Waals surface area contributed by atoms with Crippen molar-refractivity contribution in [2.45, 2.75) is 298 Å². The molecule has 0 atom stereocenters. The Morgan fingerprint density at radius 3 is 0.969 bits per heavy atom. The van der Waals surface area contributed by atoms with E-state index in [1.165, 1.54) is 234 Å². The van der Waals surface area contributed by atoms with Gasteiger partial charge in [-0.2, -0.15) is 0 Å². The van der Waals surface area contributed by atoms with Crippen LogP contribution in [0.5, 0.6) is 0 Å². The Balaban J connectivity index is 0.0000211. The summed E-state index contributed by atoms with van der Waals surface area (Å²) in [5, 5.41) is 0. The summed E-state index contributed by atoms with van der Waals surface area (Å²) in [6, 6.07) is 14.3. The molecule has 0 aliphatic heterocycles. The summed E-state index contributed by atoms with van der Waals surface area (Å²) in [5.41, 5.74) is 9.82. The molecule has 2 aromatic carbocycles. The Morgan fingerprint density at radius 1 is 0.338 bits per heavy atom. The molecule has 0 aromatic heterocycles. The van der Waals surface area contributed by atoms with Gasteiger partial charge in [-0.1, -0.05) is 239 Å². The van der Waals surface area contributed by atoms with Gasteiger partial charge in [-0.3, -0.25) is 4.99 Å². The third kappa shape index (κ3) is 33.1. The van der Waals surface area contributed by atoms with Crippen molar-refractivity contribution in [3.05, 3.63) is 58.7 Å². The van der Waals surface area contributed by atoms with E-state index in [4.69, 9.17) is 9.98 Å². The quantitative estimate of drug-likeness (QED) is 0.0274. The summed E-state index contributed by atoms with van der Waals surface area (Å²) < 4.78 is 0. The molecular formula is C62H104N2Ni. The predicted molar refractivity (Wildman–Crippen MR) is 290 cm³/mol. The van der Waals surface area contributed by atoms with Crippen LogP contribution in [-0.2, 0) is 42.2 Å². The van der Waals surface area contributed by atoms with E-state index in [2.05, 4.69) is 89.8 Å². The van der Waals surface area contributed by atoms with E-state index in [1.807, 2.05) is 0 Å². The second-order valence-electron chi connectivity index (χ2n) is 19.7. The van der Waals surface area contributed by atoms with Gasteiger partial charge in [-0.25, -0.2) is 4.99 Å². The van der Waals surface area contributed by atoms with Crippen molar-refractivity contribution < 1.29 is 16.5 Å². The molecule has 0 bridgehead atoms. The van der Waals surface area contributed by atoms with E-state index in [1.54, 1.807) is 0 Å². The molecule has 0 spiro atoms. The van der Waals surface area contributed by atoms with E-state index in [9.17, 15) is 0 Å². The van der Waals surface area contributed by atoms with Crippen LogP contribution in [0.3, 0.4) is 0 Å². The first kappa shape index (κ1) is 60.8. The molecule has 0 radical (unpaired) electrons. The van der Waals surface area contributed by atoms with Gasteiger partial charge >= 0.3 is 0 Å². The predicted octanol–water partition coefficient (Wildman–Crippen LogP) is 20.9. The third-order valence-corrected chi connectivity index (χ3v) is 13.3. The van der Waals surface area contributed by atoms with Gasteiger partial charge in [0.2, 0.25) is 0 Å². The minimum Gasteiger partial charge on any atom is -0.250 e. The van der Waals surface area contributed by atoms with Gasteiger partial charge in [0.25, 0.3) is 0 Å². The van der Waals surface area contributed by atoms with Crippen molar-refractivity contribution in [1.82, 2.24) is 0 Å². The summed E-state index contributed by atoms with van der Waals surface area (Å²) >= 11 is 0. The van der Waals surface area contributed by atoms with Crippen LogP contribution in [0.1, 0.15) is 295 Å². The first-order chi connectivity index (χ1) is 31.6. The standard InChI is InChI=1S/C62H104N2.Ni/c1-7-13-19-20-21-22-23-24-25-26-27-28-29-30-31-32-33-34-35-36-37-38-39-40-42-48-62(64-60-53-57(45-17-11-5)50-58(54-60)46-18-12-6)61(47-41-14-8-2)63-59-51-55(43-15-9-3)49-56(52-59)44-16-10-4;/h49-54H,7-41,43-47H2,1-6H3;/b63-61+,64-62+;. The maximum atomic E-state index is 5.50. The molecule has 0 N–H and O–H groups in total. The van der Waals surface area contributed by atoms with Crippen molar-refractivity contribution in [1.29, 1.82) is 0 Å². The number of hydrogen-bond donors (Lipinski definition) is 0. The molecule has 0 aliphatic carbocycles. The van der Waals surface area contributed by atoms with Crippen LogP contribution in [0.15, 0.2) is 46.4 Å². The van der Waals surface area contributed by atoms with Crippen LogP contribution in [0, 0.1) is 11.8 Å². The normalized spacial score (nSPS) is 11.8. The molecule has 0 amide bonds. The van der Waals surface area contributed by atoms with Crippen molar-refractivity contribution in [2.24, 2.45) is 9.98 Å². The molecule has 0 heterocycles. The van der Waals surface area contributed by atoms with E-state index < -0.39 is 0 Å². The van der Waals surface area contributed by atoms with E-state index >= 15 is 0 Å². The summed E-state index contributed by atoms with van der Waals surface area (Å²) in [5.74, 6) is 7.31. The van der Waals surface area contributed by atoms with Gasteiger partial charge in [0.1, 0.15) is 5.71 Å². The zero-order valence-corrected chi connectivity index (χ0v) is 44.9. The van der Waals surface area contributed by atoms with E-state index in [0.717, 1.165) is 67.7 Å². The fraction of sp³-hybridized carbons (Fsp3) is 0.742. The number of nitrogens with zero attached hydrogens (tertiary/aromatic N) is 2. The van der Waals surface area contributed by atoms with Gasteiger partial charge < -0.3 is 0 Å². The maximum Gasteiger partial charge on any atom is 0.135 e. The first-order valence-corrected chi connectivity index (χ1v) is 28.5. The van der Waals surface area contributed by atoms with Gasteiger partial charge in [0.15, 0.2) is 0 Å². The molecule has 0 unspecified atom stereocenters. The zero-order chi connectivity index (χ0) is 46.0. The number of aliphatic imine (C=N–C) groups is 2. The van der Waals surface area contributed by atoms with Crippen molar-refractivity contribution in [3.63, 3.8) is 0 Å². The summed E-state index contributed by atoms with van der Waals surface area (Å²) in [7, 11) is 0. The van der Waals surface area contributed by atoms with Gasteiger partial charge in [0.05, 0.1) is 17.1 Å². The topological polar surface area (TPSA) is 24.7 Å². The van der Waals surface area contributed by atoms with Crippen LogP contribution < -0.4 is 0 Å². The Labute approximate surface area is 416 Å². The largest absolute Gasteiger partial charge is 0.250 e. The van der Waals surface area contributed by atoms with Crippen LogP contribution in [-0.4, -0.2) is 11.4 Å². The van der Waals surface area contributed by atoms with Crippen molar-refractivity contribution >= 4 is 22.8 Å². The molecule has 2 aromatic rings. The smallest absolute Gasteiger partial charge is 0.135 e. The fourth-order valence-corrected chi connectivity index (χ4v) is 9.08. The van der Waals surface area contributed by atoms with Crippen LogP contribution in [0.4, 0.5) is 11.4 Å². The van der Waals surface area contributed by atoms with Crippen LogP contribution >= 0.6 is 0 Å². The minimum atomic E-state index is 0. The zero-order valence-electron chi connectivity index (χ0n) is 44.0. The van der Waals surface area contributed by atoms with E-state index in [0.29, 0.717) is 0 Å². The molecule has 0 saturated heterocycles. The second-order valence-corrected chi connectivity index (χ2v) is 19.7. The molecule has 0 fully saturated rings. The fourth-order valence-electron chi connectivity index (χ4n) is 9.08. The van der Waals surface area contributed by atoms with Gasteiger partial charge in [-0.05, 0) is 123 Å². The van der Waals surface area contributed by atoms with E-state index in [-0.39, 0.29) is 16.5 Å². The SMILES string of the molecule is CCCCCCCCCCCCCCCCCCCCCCCCCC#CC(=N\c1cc(CCCC)cc(CCCC)c1)/C(CCCCC)=N/c1cc(CCCC)cc(CCCC)c1.[Ni]. The average molecular weight is 936 g/mol. The number of hydrogen-bond acceptors (Lipinski definition) is 2. The molecule has 65 heavy (non-hydrogen) atoms. The Hall–Kier alpha value is -2.17. The number of aryl methyl sites for hydroxylation is 4.